The molecule has 0 saturated carbocycles. The quantitative estimate of drug-likeness (QED) is 0.614. The highest BCUT2D eigenvalue weighted by atomic mass is 79.9. The van der Waals surface area contributed by atoms with Crippen LogP contribution in [0.5, 0.6) is 0 Å². The first-order chi connectivity index (χ1) is 13.4. The summed E-state index contributed by atoms with van der Waals surface area (Å²) >= 11 is 3.43. The first-order valence-electron chi connectivity index (χ1n) is 8.94. The SMILES string of the molecule is Cc1cc(NC(=O)CCCNC(=O)N2CC(=O)Nc3ccccc32)ccc1Br. The zero-order chi connectivity index (χ0) is 20.1. The molecule has 2 aromatic rings. The number of carbonyl (C=O) groups is 3. The summed E-state index contributed by atoms with van der Waals surface area (Å²) in [6, 6.07) is 12.4. The van der Waals surface area contributed by atoms with Crippen molar-refractivity contribution in [2.75, 3.05) is 28.6 Å². The fraction of sp³-hybridized carbons (Fsp3) is 0.250. The number of nitrogens with zero attached hydrogens (tertiary/aromatic N) is 1. The summed E-state index contributed by atoms with van der Waals surface area (Å²) in [6.07, 6.45) is 0.779. The van der Waals surface area contributed by atoms with Crippen molar-refractivity contribution in [2.45, 2.75) is 19.8 Å². The van der Waals surface area contributed by atoms with E-state index in [2.05, 4.69) is 31.9 Å². The standard InChI is InChI=1S/C20H21BrN4O3/c1-13-11-14(8-9-15(13)21)23-18(26)7-4-10-22-20(28)25-12-19(27)24-16-5-2-3-6-17(16)25/h2-3,5-6,8-9,11H,4,7,10,12H2,1H3,(H,22,28)(H,23,26)(H,24,27). The molecule has 0 fully saturated rings. The molecular weight excluding hydrogens is 424 g/mol. The van der Waals surface area contributed by atoms with Crippen molar-refractivity contribution in [2.24, 2.45) is 0 Å². The van der Waals surface area contributed by atoms with E-state index in [-0.39, 0.29) is 30.8 Å². The molecule has 0 aromatic heterocycles. The summed E-state index contributed by atoms with van der Waals surface area (Å²) in [5, 5.41) is 8.36. The molecule has 0 bridgehead atoms. The van der Waals surface area contributed by atoms with Crippen LogP contribution in [0.25, 0.3) is 0 Å². The van der Waals surface area contributed by atoms with E-state index >= 15 is 0 Å². The lowest BCUT2D eigenvalue weighted by molar-refractivity contribution is -0.116. The average molecular weight is 445 g/mol. The Kier molecular flexibility index (Phi) is 6.30. The molecule has 7 nitrogen and oxygen atoms in total. The Labute approximate surface area is 171 Å². The average Bonchev–Trinajstić information content (AvgIpc) is 2.67. The van der Waals surface area contributed by atoms with Crippen LogP contribution in [0.1, 0.15) is 18.4 Å². The number of nitrogens with one attached hydrogen (secondary N) is 3. The van der Waals surface area contributed by atoms with E-state index in [9.17, 15) is 14.4 Å². The van der Waals surface area contributed by atoms with Gasteiger partial charge in [-0.15, -0.1) is 0 Å². The molecule has 3 N–H and O–H groups in total. The highest BCUT2D eigenvalue weighted by Crippen LogP contribution is 2.28. The van der Waals surface area contributed by atoms with Crippen LogP contribution in [0.4, 0.5) is 21.9 Å². The molecule has 0 radical (unpaired) electrons. The Morgan fingerprint density at radius 1 is 1.21 bits per heavy atom. The Morgan fingerprint density at radius 3 is 2.79 bits per heavy atom. The van der Waals surface area contributed by atoms with Gasteiger partial charge in [0.1, 0.15) is 6.54 Å². The van der Waals surface area contributed by atoms with Gasteiger partial charge in [-0.1, -0.05) is 28.1 Å². The number of hydrogen-bond acceptors (Lipinski definition) is 3. The number of anilines is 3. The van der Waals surface area contributed by atoms with E-state index in [1.807, 2.05) is 31.2 Å². The molecular formula is C20H21BrN4O3. The Morgan fingerprint density at radius 2 is 2.00 bits per heavy atom. The van der Waals surface area contributed by atoms with Crippen LogP contribution >= 0.6 is 15.9 Å². The van der Waals surface area contributed by atoms with Gasteiger partial charge in [0.25, 0.3) is 0 Å². The lowest BCUT2D eigenvalue weighted by Gasteiger charge is -2.29. The van der Waals surface area contributed by atoms with E-state index in [4.69, 9.17) is 0 Å². The smallest absolute Gasteiger partial charge is 0.322 e. The number of fused-ring (bicyclic) bond motifs is 1. The number of benzene rings is 2. The first-order valence-corrected chi connectivity index (χ1v) is 9.73. The van der Waals surface area contributed by atoms with E-state index in [0.717, 1.165) is 15.7 Å². The number of aryl methyl sites for hydroxylation is 1. The summed E-state index contributed by atoms with van der Waals surface area (Å²) in [5.74, 6) is -0.350. The zero-order valence-corrected chi connectivity index (χ0v) is 17.0. The van der Waals surface area contributed by atoms with Gasteiger partial charge >= 0.3 is 6.03 Å². The lowest BCUT2D eigenvalue weighted by atomic mass is 10.2. The Balaban J connectivity index is 1.46. The molecule has 3 rings (SSSR count). The summed E-state index contributed by atoms with van der Waals surface area (Å²) in [7, 11) is 0. The molecule has 0 aliphatic carbocycles. The third-order valence-electron chi connectivity index (χ3n) is 4.31. The molecule has 4 amide bonds. The third kappa shape index (κ3) is 4.89. The topological polar surface area (TPSA) is 90.5 Å². The molecule has 1 heterocycles. The number of urea groups is 1. The molecule has 146 valence electrons. The zero-order valence-electron chi connectivity index (χ0n) is 15.4. The number of halogens is 1. The largest absolute Gasteiger partial charge is 0.338 e. The van der Waals surface area contributed by atoms with E-state index < -0.39 is 0 Å². The molecule has 1 aliphatic rings. The molecule has 8 heteroatoms. The molecule has 28 heavy (non-hydrogen) atoms. The maximum Gasteiger partial charge on any atom is 0.322 e. The monoisotopic (exact) mass is 444 g/mol. The highest BCUT2D eigenvalue weighted by Gasteiger charge is 2.26. The predicted octanol–water partition coefficient (Wildman–Crippen LogP) is 3.64. The summed E-state index contributed by atoms with van der Waals surface area (Å²) in [5.41, 5.74) is 3.04. The van der Waals surface area contributed by atoms with Gasteiger partial charge in [-0.05, 0) is 49.2 Å². The van der Waals surface area contributed by atoms with Gasteiger partial charge in [0.05, 0.1) is 11.4 Å². The number of amides is 4. The molecule has 0 atom stereocenters. The van der Waals surface area contributed by atoms with E-state index in [0.29, 0.717) is 24.3 Å². The van der Waals surface area contributed by atoms with Crippen molar-refractivity contribution in [3.8, 4) is 0 Å². The summed E-state index contributed by atoms with van der Waals surface area (Å²) < 4.78 is 0.987. The molecule has 1 aliphatic heterocycles. The van der Waals surface area contributed by atoms with Crippen molar-refractivity contribution >= 4 is 50.8 Å². The van der Waals surface area contributed by atoms with Gasteiger partial charge in [-0.3, -0.25) is 14.5 Å². The molecule has 0 saturated heterocycles. The highest BCUT2D eigenvalue weighted by molar-refractivity contribution is 9.10. The maximum absolute atomic E-state index is 12.4. The minimum atomic E-state index is -0.355. The predicted molar refractivity (Wildman–Crippen MR) is 113 cm³/mol. The van der Waals surface area contributed by atoms with Gasteiger partial charge < -0.3 is 16.0 Å². The van der Waals surface area contributed by atoms with Crippen molar-refractivity contribution in [1.29, 1.82) is 0 Å². The van der Waals surface area contributed by atoms with Crippen molar-refractivity contribution in [3.63, 3.8) is 0 Å². The second-order valence-electron chi connectivity index (χ2n) is 6.50. The van der Waals surface area contributed by atoms with Crippen molar-refractivity contribution < 1.29 is 14.4 Å². The van der Waals surface area contributed by atoms with Crippen LogP contribution in [0.15, 0.2) is 46.9 Å². The Bertz CT molecular complexity index is 916. The fourth-order valence-corrected chi connectivity index (χ4v) is 3.15. The van der Waals surface area contributed by atoms with Crippen molar-refractivity contribution in [3.05, 3.63) is 52.5 Å². The number of carbonyl (C=O) groups excluding carboxylic acids is 3. The van der Waals surface area contributed by atoms with Crippen LogP contribution in [0.3, 0.4) is 0 Å². The van der Waals surface area contributed by atoms with Gasteiger partial charge in [-0.25, -0.2) is 4.79 Å². The van der Waals surface area contributed by atoms with Crippen LogP contribution in [-0.4, -0.2) is 30.9 Å². The molecule has 2 aromatic carbocycles. The van der Waals surface area contributed by atoms with Gasteiger partial charge in [-0.2, -0.15) is 0 Å². The van der Waals surface area contributed by atoms with E-state index in [1.54, 1.807) is 18.2 Å². The van der Waals surface area contributed by atoms with Gasteiger partial charge in [0.15, 0.2) is 0 Å². The number of hydrogen-bond donors (Lipinski definition) is 3. The third-order valence-corrected chi connectivity index (χ3v) is 5.20. The first kappa shape index (κ1) is 19.9. The van der Waals surface area contributed by atoms with Gasteiger partial charge in [0, 0.05) is 23.1 Å². The minimum absolute atomic E-state index is 0.0355. The van der Waals surface area contributed by atoms with Crippen molar-refractivity contribution in [1.82, 2.24) is 5.32 Å². The summed E-state index contributed by atoms with van der Waals surface area (Å²) in [4.78, 5) is 37.7. The summed E-state index contributed by atoms with van der Waals surface area (Å²) in [6.45, 7) is 2.26. The molecule has 0 spiro atoms. The minimum Gasteiger partial charge on any atom is -0.338 e. The van der Waals surface area contributed by atoms with Gasteiger partial charge in [0.2, 0.25) is 11.8 Å². The van der Waals surface area contributed by atoms with Crippen LogP contribution in [0, 0.1) is 6.92 Å². The normalized spacial score (nSPS) is 12.8. The van der Waals surface area contributed by atoms with Crippen LogP contribution in [-0.2, 0) is 9.59 Å². The number of para-hydroxylation sites is 2. The molecule has 0 unspecified atom stereocenters. The van der Waals surface area contributed by atoms with E-state index in [1.165, 1.54) is 4.90 Å². The second-order valence-corrected chi connectivity index (χ2v) is 7.35. The van der Waals surface area contributed by atoms with Crippen LogP contribution in [0.2, 0.25) is 0 Å². The number of rotatable bonds is 5. The maximum atomic E-state index is 12.4. The second kappa shape index (κ2) is 8.88. The lowest BCUT2D eigenvalue weighted by Crippen LogP contribution is -2.47. The van der Waals surface area contributed by atoms with Crippen LogP contribution < -0.4 is 20.9 Å². The fourth-order valence-electron chi connectivity index (χ4n) is 2.90. The Hall–Kier alpha value is -2.87.